The van der Waals surface area contributed by atoms with Crippen molar-refractivity contribution in [3.8, 4) is 0 Å². The minimum Gasteiger partial charge on any atom is -0.323 e. The molecule has 10 heteroatoms. The number of hydrogen-bond acceptors (Lipinski definition) is 4. The maximum atomic E-state index is 12.1. The van der Waals surface area contributed by atoms with Gasteiger partial charge in [0.25, 0.3) is 0 Å². The number of rotatable bonds is 4. The normalized spacial score (nSPS) is 11.0. The van der Waals surface area contributed by atoms with Crippen LogP contribution in [0.1, 0.15) is 0 Å². The molecule has 124 valence electrons. The highest BCUT2D eigenvalue weighted by molar-refractivity contribution is 7.99. The molecule has 0 unspecified atom stereocenters. The van der Waals surface area contributed by atoms with Gasteiger partial charge in [-0.3, -0.25) is 9.20 Å². The fourth-order valence-electron chi connectivity index (χ4n) is 1.92. The number of carbonyl (C=O) groups excluding carboxylic acids is 1. The molecule has 0 saturated carbocycles. The first-order valence-corrected chi connectivity index (χ1v) is 9.02. The van der Waals surface area contributed by atoms with Crippen molar-refractivity contribution in [1.82, 2.24) is 14.6 Å². The highest BCUT2D eigenvalue weighted by atomic mass is 35.5. The Kier molecular flexibility index (Phi) is 5.42. The van der Waals surface area contributed by atoms with Gasteiger partial charge < -0.3 is 5.32 Å². The Bertz CT molecular complexity index is 910. The van der Waals surface area contributed by atoms with Crippen LogP contribution >= 0.6 is 58.2 Å². The summed E-state index contributed by atoms with van der Waals surface area (Å²) >= 11 is 25.3. The first-order chi connectivity index (χ1) is 11.5. The first kappa shape index (κ1) is 17.6. The lowest BCUT2D eigenvalue weighted by Crippen LogP contribution is -2.15. The average Bonchev–Trinajstić information content (AvgIpc) is 2.92. The van der Waals surface area contributed by atoms with Gasteiger partial charge in [-0.1, -0.05) is 64.2 Å². The van der Waals surface area contributed by atoms with Crippen LogP contribution in [0.15, 0.2) is 35.6 Å². The number of nitrogens with one attached hydrogen (secondary N) is 1. The number of halogens is 4. The molecule has 3 rings (SSSR count). The highest BCUT2D eigenvalue weighted by Gasteiger charge is 2.14. The van der Waals surface area contributed by atoms with Gasteiger partial charge in [-0.25, -0.2) is 0 Å². The smallest absolute Gasteiger partial charge is 0.234 e. The van der Waals surface area contributed by atoms with Crippen LogP contribution in [0.25, 0.3) is 5.65 Å². The van der Waals surface area contributed by atoms with Crippen LogP contribution < -0.4 is 5.32 Å². The number of aromatic nitrogens is 3. The summed E-state index contributed by atoms with van der Waals surface area (Å²) in [6.07, 6.45) is 1.63. The molecule has 0 atom stereocenters. The van der Waals surface area contributed by atoms with E-state index in [0.717, 1.165) is 0 Å². The molecule has 0 spiro atoms. The van der Waals surface area contributed by atoms with Crippen molar-refractivity contribution in [2.45, 2.75) is 5.16 Å². The third-order valence-corrected chi connectivity index (χ3v) is 5.01. The summed E-state index contributed by atoms with van der Waals surface area (Å²) in [6.45, 7) is 0. The van der Waals surface area contributed by atoms with Crippen LogP contribution in [-0.2, 0) is 4.79 Å². The summed E-state index contributed by atoms with van der Waals surface area (Å²) in [7, 11) is 0. The van der Waals surface area contributed by atoms with Crippen LogP contribution in [0.5, 0.6) is 0 Å². The molecule has 1 amide bonds. The fraction of sp³-hybridized carbons (Fsp3) is 0.0714. The van der Waals surface area contributed by atoms with Crippen molar-refractivity contribution in [3.05, 3.63) is 50.6 Å². The molecule has 1 N–H and O–H groups in total. The summed E-state index contributed by atoms with van der Waals surface area (Å²) in [5, 5.41) is 12.7. The standard InChI is InChI=1S/C14H8Cl4N4OS/c15-7-4-10(18)13-20-21-14(22(13)5-7)24-6-11(23)19-12-8(16)2-1-3-9(12)17/h1-5H,6H2,(H,19,23). The van der Waals surface area contributed by atoms with Gasteiger partial charge in [0.2, 0.25) is 5.91 Å². The molecular formula is C14H8Cl4N4OS. The maximum absolute atomic E-state index is 12.1. The Labute approximate surface area is 161 Å². The predicted octanol–water partition coefficient (Wildman–Crippen LogP) is 5.07. The number of hydrogen-bond donors (Lipinski definition) is 1. The molecule has 2 heterocycles. The molecule has 1 aromatic carbocycles. The van der Waals surface area contributed by atoms with Crippen molar-refractivity contribution >= 4 is 75.4 Å². The predicted molar refractivity (Wildman–Crippen MR) is 98.8 cm³/mol. The molecule has 3 aromatic rings. The molecule has 0 aliphatic rings. The number of para-hydroxylation sites is 1. The Morgan fingerprint density at radius 3 is 2.54 bits per heavy atom. The lowest BCUT2D eigenvalue weighted by atomic mass is 10.3. The first-order valence-electron chi connectivity index (χ1n) is 6.52. The lowest BCUT2D eigenvalue weighted by molar-refractivity contribution is -0.113. The van der Waals surface area contributed by atoms with Gasteiger partial charge >= 0.3 is 0 Å². The SMILES string of the molecule is O=C(CSc1nnc2c(Cl)cc(Cl)cn12)Nc1c(Cl)cccc1Cl. The van der Waals surface area contributed by atoms with Gasteiger partial charge in [0.1, 0.15) is 0 Å². The fourth-order valence-corrected chi connectivity index (χ4v) is 3.63. The highest BCUT2D eigenvalue weighted by Crippen LogP contribution is 2.30. The zero-order valence-corrected chi connectivity index (χ0v) is 15.6. The summed E-state index contributed by atoms with van der Waals surface area (Å²) in [5.74, 6) is -0.188. The third-order valence-electron chi connectivity index (χ3n) is 2.95. The van der Waals surface area contributed by atoms with Gasteiger partial charge in [0.15, 0.2) is 10.8 Å². The molecular weight excluding hydrogens is 414 g/mol. The van der Waals surface area contributed by atoms with E-state index in [2.05, 4.69) is 15.5 Å². The van der Waals surface area contributed by atoms with Gasteiger partial charge in [0, 0.05) is 6.20 Å². The summed E-state index contributed by atoms with van der Waals surface area (Å²) in [6, 6.07) is 6.57. The number of amides is 1. The quantitative estimate of drug-likeness (QED) is 0.597. The second-order valence-electron chi connectivity index (χ2n) is 4.62. The Hall–Kier alpha value is -1.18. The molecule has 0 aliphatic carbocycles. The zero-order valence-electron chi connectivity index (χ0n) is 11.8. The van der Waals surface area contributed by atoms with Gasteiger partial charge in [-0.2, -0.15) is 0 Å². The zero-order chi connectivity index (χ0) is 17.3. The molecule has 0 fully saturated rings. The Morgan fingerprint density at radius 2 is 1.83 bits per heavy atom. The van der Waals surface area contributed by atoms with Crippen molar-refractivity contribution < 1.29 is 4.79 Å². The average molecular weight is 422 g/mol. The number of thioether (sulfide) groups is 1. The second-order valence-corrected chi connectivity index (χ2v) is 7.22. The molecule has 0 aliphatic heterocycles. The van der Waals surface area contributed by atoms with Crippen molar-refractivity contribution in [1.29, 1.82) is 0 Å². The number of carbonyl (C=O) groups is 1. The molecule has 0 saturated heterocycles. The van der Waals surface area contributed by atoms with E-state index in [1.165, 1.54) is 11.8 Å². The molecule has 5 nitrogen and oxygen atoms in total. The van der Waals surface area contributed by atoms with E-state index in [1.807, 2.05) is 0 Å². The van der Waals surface area contributed by atoms with Crippen LogP contribution in [0, 0.1) is 0 Å². The number of pyridine rings is 1. The topological polar surface area (TPSA) is 59.3 Å². The third kappa shape index (κ3) is 3.73. The van der Waals surface area contributed by atoms with Crippen LogP contribution in [0.3, 0.4) is 0 Å². The van der Waals surface area contributed by atoms with E-state index in [4.69, 9.17) is 46.4 Å². The largest absolute Gasteiger partial charge is 0.323 e. The minimum absolute atomic E-state index is 0.0898. The second kappa shape index (κ2) is 7.37. The Balaban J connectivity index is 1.73. The van der Waals surface area contributed by atoms with Gasteiger partial charge in [0.05, 0.1) is 31.5 Å². The maximum Gasteiger partial charge on any atom is 0.234 e. The van der Waals surface area contributed by atoms with Crippen molar-refractivity contribution in [2.24, 2.45) is 0 Å². The van der Waals surface area contributed by atoms with Crippen LogP contribution in [0.4, 0.5) is 5.69 Å². The minimum atomic E-state index is -0.278. The van der Waals surface area contributed by atoms with E-state index in [-0.39, 0.29) is 11.7 Å². The number of anilines is 1. The summed E-state index contributed by atoms with van der Waals surface area (Å²) < 4.78 is 1.63. The lowest BCUT2D eigenvalue weighted by Gasteiger charge is -2.08. The van der Waals surface area contributed by atoms with E-state index >= 15 is 0 Å². The molecule has 2 aromatic heterocycles. The van der Waals surface area contributed by atoms with Crippen molar-refractivity contribution in [3.63, 3.8) is 0 Å². The summed E-state index contributed by atoms with van der Waals surface area (Å²) in [5.41, 5.74) is 0.849. The van der Waals surface area contributed by atoms with Crippen molar-refractivity contribution in [2.75, 3.05) is 11.1 Å². The molecule has 24 heavy (non-hydrogen) atoms. The van der Waals surface area contributed by atoms with E-state index in [1.54, 1.807) is 34.9 Å². The van der Waals surface area contributed by atoms with E-state index < -0.39 is 0 Å². The van der Waals surface area contributed by atoms with Gasteiger partial charge in [-0.15, -0.1) is 10.2 Å². The molecule has 0 bridgehead atoms. The van der Waals surface area contributed by atoms with E-state index in [9.17, 15) is 4.79 Å². The number of nitrogens with zero attached hydrogens (tertiary/aromatic N) is 3. The number of benzene rings is 1. The monoisotopic (exact) mass is 420 g/mol. The van der Waals surface area contributed by atoms with Crippen LogP contribution in [0.2, 0.25) is 20.1 Å². The summed E-state index contributed by atoms with van der Waals surface area (Å²) in [4.78, 5) is 12.1. The van der Waals surface area contributed by atoms with E-state index in [0.29, 0.717) is 36.6 Å². The van der Waals surface area contributed by atoms with Gasteiger partial charge in [-0.05, 0) is 18.2 Å². The molecule has 0 radical (unpaired) electrons. The Morgan fingerprint density at radius 1 is 1.12 bits per heavy atom. The number of fused-ring (bicyclic) bond motifs is 1. The van der Waals surface area contributed by atoms with Crippen LogP contribution in [-0.4, -0.2) is 26.3 Å².